The summed E-state index contributed by atoms with van der Waals surface area (Å²) in [5.74, 6) is 0. The minimum absolute atomic E-state index is 1.10. The van der Waals surface area contributed by atoms with Crippen LogP contribution in [-0.2, 0) is 0 Å². The highest BCUT2D eigenvalue weighted by atomic mass is 14.8. The number of hydrogen-bond acceptors (Lipinski definition) is 1. The van der Waals surface area contributed by atoms with E-state index in [9.17, 15) is 0 Å². The van der Waals surface area contributed by atoms with Crippen molar-refractivity contribution < 1.29 is 0 Å². The summed E-state index contributed by atoms with van der Waals surface area (Å²) < 4.78 is 0. The summed E-state index contributed by atoms with van der Waals surface area (Å²) in [6.45, 7) is 2.00. The number of hydrogen-bond donors (Lipinski definition) is 1. The van der Waals surface area contributed by atoms with E-state index in [-0.39, 0.29) is 0 Å². The molecule has 0 aliphatic rings. The topological polar surface area (TPSA) is 12.0 Å². The van der Waals surface area contributed by atoms with Crippen molar-refractivity contribution in [3.05, 3.63) is 79.0 Å². The monoisotopic (exact) mass is 259 g/mol. The van der Waals surface area contributed by atoms with Gasteiger partial charge in [0.05, 0.1) is 0 Å². The van der Waals surface area contributed by atoms with E-state index in [1.807, 2.05) is 19.2 Å². The first-order valence-corrected chi connectivity index (χ1v) is 6.84. The molecule has 0 heterocycles. The predicted molar refractivity (Wildman–Crippen MR) is 87.8 cm³/mol. The molecule has 1 heteroatoms. The molecule has 20 heavy (non-hydrogen) atoms. The van der Waals surface area contributed by atoms with E-state index < -0.39 is 0 Å². The fourth-order valence-corrected chi connectivity index (χ4v) is 2.31. The van der Waals surface area contributed by atoms with Gasteiger partial charge in [0.15, 0.2) is 0 Å². The van der Waals surface area contributed by atoms with Crippen LogP contribution >= 0.6 is 0 Å². The highest BCUT2D eigenvalue weighted by Gasteiger charge is 1.99. The molecule has 98 valence electrons. The van der Waals surface area contributed by atoms with Crippen molar-refractivity contribution in [2.24, 2.45) is 0 Å². The summed E-state index contributed by atoms with van der Waals surface area (Å²) in [5, 5.41) is 5.78. The van der Waals surface area contributed by atoms with Gasteiger partial charge in [0, 0.05) is 5.69 Å². The van der Waals surface area contributed by atoms with Gasteiger partial charge in [-0.25, -0.2) is 0 Å². The van der Waals surface area contributed by atoms with E-state index in [1.54, 1.807) is 0 Å². The van der Waals surface area contributed by atoms with Gasteiger partial charge in [-0.2, -0.15) is 0 Å². The number of allylic oxidation sites excluding steroid dienone is 1. The van der Waals surface area contributed by atoms with Gasteiger partial charge in [-0.05, 0) is 53.2 Å². The molecule has 0 bridgehead atoms. The second kappa shape index (κ2) is 5.62. The zero-order chi connectivity index (χ0) is 13.8. The molecule has 0 aliphatic heterocycles. The minimum atomic E-state index is 1.10. The lowest BCUT2D eigenvalue weighted by atomic mass is 10.0. The molecule has 0 radical (unpaired) electrons. The Hall–Kier alpha value is -2.54. The zero-order valence-electron chi connectivity index (χ0n) is 11.5. The normalized spacial score (nSPS) is 11.1. The summed E-state index contributed by atoms with van der Waals surface area (Å²) in [6.07, 6.45) is 3.92. The third kappa shape index (κ3) is 2.57. The predicted octanol–water partition coefficient (Wildman–Crippen LogP) is 5.45. The average molecular weight is 259 g/mol. The molecule has 0 atom stereocenters. The summed E-state index contributed by atoms with van der Waals surface area (Å²) >= 11 is 0. The molecule has 0 aliphatic carbocycles. The second-order valence-electron chi connectivity index (χ2n) is 4.78. The first kappa shape index (κ1) is 12.5. The molecule has 0 amide bonds. The SMILES string of the molecule is C/C=C/Nc1ccc(-c2ccc3ccccc3c2)cc1. The van der Waals surface area contributed by atoms with Crippen molar-refractivity contribution in [3.8, 4) is 11.1 Å². The molecule has 1 N–H and O–H groups in total. The van der Waals surface area contributed by atoms with Gasteiger partial charge in [0.2, 0.25) is 0 Å². The van der Waals surface area contributed by atoms with Gasteiger partial charge in [-0.3, -0.25) is 0 Å². The van der Waals surface area contributed by atoms with Crippen LogP contribution < -0.4 is 5.32 Å². The van der Waals surface area contributed by atoms with Crippen LogP contribution in [0.1, 0.15) is 6.92 Å². The Kier molecular flexibility index (Phi) is 3.51. The van der Waals surface area contributed by atoms with E-state index in [0.717, 1.165) is 5.69 Å². The molecule has 0 aromatic heterocycles. The zero-order valence-corrected chi connectivity index (χ0v) is 11.5. The van der Waals surface area contributed by atoms with Crippen molar-refractivity contribution in [1.82, 2.24) is 0 Å². The highest BCUT2D eigenvalue weighted by Crippen LogP contribution is 2.25. The van der Waals surface area contributed by atoms with Gasteiger partial charge < -0.3 is 5.32 Å². The summed E-state index contributed by atoms with van der Waals surface area (Å²) in [6, 6.07) is 23.5. The summed E-state index contributed by atoms with van der Waals surface area (Å²) in [4.78, 5) is 0. The number of anilines is 1. The van der Waals surface area contributed by atoms with Crippen molar-refractivity contribution in [1.29, 1.82) is 0 Å². The molecule has 0 saturated heterocycles. The van der Waals surface area contributed by atoms with E-state index in [0.29, 0.717) is 0 Å². The Morgan fingerprint density at radius 1 is 0.750 bits per heavy atom. The Morgan fingerprint density at radius 2 is 1.45 bits per heavy atom. The van der Waals surface area contributed by atoms with Crippen LogP contribution in [0.25, 0.3) is 21.9 Å². The maximum Gasteiger partial charge on any atom is 0.0380 e. The van der Waals surface area contributed by atoms with Crippen LogP contribution in [0.3, 0.4) is 0 Å². The van der Waals surface area contributed by atoms with Crippen molar-refractivity contribution in [2.45, 2.75) is 6.92 Å². The molecule has 0 spiro atoms. The van der Waals surface area contributed by atoms with Crippen molar-refractivity contribution in [3.63, 3.8) is 0 Å². The number of nitrogens with one attached hydrogen (secondary N) is 1. The van der Waals surface area contributed by atoms with Gasteiger partial charge in [0.25, 0.3) is 0 Å². The standard InChI is InChI=1S/C19H17N/c1-2-13-20-19-11-9-16(10-12-19)18-8-7-15-5-3-4-6-17(15)14-18/h2-14,20H,1H3/b13-2+. The Bertz CT molecular complexity index is 739. The lowest BCUT2D eigenvalue weighted by Gasteiger charge is -2.06. The van der Waals surface area contributed by atoms with Crippen LogP contribution in [0.2, 0.25) is 0 Å². The van der Waals surface area contributed by atoms with Crippen LogP contribution in [0, 0.1) is 0 Å². The molecule has 1 nitrogen and oxygen atoms in total. The van der Waals surface area contributed by atoms with Crippen LogP contribution in [0.4, 0.5) is 5.69 Å². The molecular weight excluding hydrogens is 242 g/mol. The fraction of sp³-hybridized carbons (Fsp3) is 0.0526. The van der Waals surface area contributed by atoms with Gasteiger partial charge in [-0.1, -0.05) is 54.6 Å². The van der Waals surface area contributed by atoms with Crippen LogP contribution in [0.5, 0.6) is 0 Å². The number of rotatable bonds is 3. The number of fused-ring (bicyclic) bond motifs is 1. The maximum atomic E-state index is 3.22. The molecule has 3 aromatic carbocycles. The Labute approximate surface area is 119 Å². The van der Waals surface area contributed by atoms with Crippen LogP contribution in [-0.4, -0.2) is 0 Å². The molecular formula is C19H17N. The largest absolute Gasteiger partial charge is 0.362 e. The highest BCUT2D eigenvalue weighted by molar-refractivity contribution is 5.87. The molecule has 3 rings (SSSR count). The Morgan fingerprint density at radius 3 is 2.20 bits per heavy atom. The second-order valence-corrected chi connectivity index (χ2v) is 4.78. The van der Waals surface area contributed by atoms with E-state index in [2.05, 4.69) is 72.0 Å². The molecule has 0 saturated carbocycles. The van der Waals surface area contributed by atoms with Crippen LogP contribution in [0.15, 0.2) is 79.0 Å². The third-order valence-corrected chi connectivity index (χ3v) is 3.38. The third-order valence-electron chi connectivity index (χ3n) is 3.38. The van der Waals surface area contributed by atoms with E-state index in [1.165, 1.54) is 21.9 Å². The Balaban J connectivity index is 1.94. The van der Waals surface area contributed by atoms with Crippen molar-refractivity contribution >= 4 is 16.5 Å². The van der Waals surface area contributed by atoms with Gasteiger partial charge >= 0.3 is 0 Å². The lowest BCUT2D eigenvalue weighted by molar-refractivity contribution is 1.55. The number of benzene rings is 3. The quantitative estimate of drug-likeness (QED) is 0.659. The maximum absolute atomic E-state index is 3.22. The lowest BCUT2D eigenvalue weighted by Crippen LogP contribution is -1.86. The summed E-state index contributed by atoms with van der Waals surface area (Å²) in [7, 11) is 0. The molecule has 3 aromatic rings. The average Bonchev–Trinajstić information content (AvgIpc) is 2.53. The molecule has 0 fully saturated rings. The van der Waals surface area contributed by atoms with Gasteiger partial charge in [0.1, 0.15) is 0 Å². The molecule has 0 unspecified atom stereocenters. The minimum Gasteiger partial charge on any atom is -0.362 e. The first-order chi connectivity index (χ1) is 9.86. The van der Waals surface area contributed by atoms with Gasteiger partial charge in [-0.15, -0.1) is 0 Å². The fourth-order valence-electron chi connectivity index (χ4n) is 2.31. The summed E-state index contributed by atoms with van der Waals surface area (Å²) in [5.41, 5.74) is 3.59. The van der Waals surface area contributed by atoms with Crippen molar-refractivity contribution in [2.75, 3.05) is 5.32 Å². The smallest absolute Gasteiger partial charge is 0.0380 e. The van der Waals surface area contributed by atoms with E-state index in [4.69, 9.17) is 0 Å². The van der Waals surface area contributed by atoms with E-state index >= 15 is 0 Å². The first-order valence-electron chi connectivity index (χ1n) is 6.84.